The minimum atomic E-state index is -0.00565. The van der Waals surface area contributed by atoms with Crippen molar-refractivity contribution in [2.75, 3.05) is 0 Å². The summed E-state index contributed by atoms with van der Waals surface area (Å²) in [5.74, 6) is 0.790. The lowest BCUT2D eigenvalue weighted by Gasteiger charge is -2.07. The van der Waals surface area contributed by atoms with E-state index < -0.39 is 0 Å². The highest BCUT2D eigenvalue weighted by atomic mass is 16.5. The molecule has 0 bridgehead atoms. The molecular weight excluding hydrogens is 320 g/mol. The third kappa shape index (κ3) is 4.81. The smallest absolute Gasteiger partial charge is 0.185 e. The Morgan fingerprint density at radius 1 is 0.846 bits per heavy atom. The van der Waals surface area contributed by atoms with Crippen molar-refractivity contribution in [2.24, 2.45) is 0 Å². The minimum absolute atomic E-state index is 0.00565. The molecule has 0 atom stereocenters. The lowest BCUT2D eigenvalue weighted by atomic mass is 10.1. The molecule has 0 fully saturated rings. The molecule has 0 saturated heterocycles. The Kier molecular flexibility index (Phi) is 5.79. The van der Waals surface area contributed by atoms with Gasteiger partial charge in [0.25, 0.3) is 0 Å². The summed E-state index contributed by atoms with van der Waals surface area (Å²) in [6, 6.07) is 25.0. The molecule has 3 aromatic carbocycles. The van der Waals surface area contributed by atoms with Crippen LogP contribution in [0.1, 0.15) is 27.0 Å². The van der Waals surface area contributed by atoms with Crippen molar-refractivity contribution in [1.29, 1.82) is 0 Å². The van der Waals surface area contributed by atoms with Crippen molar-refractivity contribution < 1.29 is 9.53 Å². The molecule has 3 aromatic rings. The zero-order valence-electron chi connectivity index (χ0n) is 14.5. The van der Waals surface area contributed by atoms with Crippen molar-refractivity contribution in [3.8, 4) is 5.75 Å². The summed E-state index contributed by atoms with van der Waals surface area (Å²) in [5.41, 5.74) is 3.84. The third-order valence-electron chi connectivity index (χ3n) is 3.99. The highest BCUT2D eigenvalue weighted by Crippen LogP contribution is 2.16. The van der Waals surface area contributed by atoms with Gasteiger partial charge in [-0.15, -0.1) is 0 Å². The van der Waals surface area contributed by atoms with E-state index in [0.29, 0.717) is 12.2 Å². The van der Waals surface area contributed by atoms with Gasteiger partial charge >= 0.3 is 0 Å². The van der Waals surface area contributed by atoms with Crippen LogP contribution in [0.4, 0.5) is 0 Å². The fourth-order valence-corrected chi connectivity index (χ4v) is 2.46. The Balaban J connectivity index is 1.56. The van der Waals surface area contributed by atoms with E-state index in [1.54, 1.807) is 6.08 Å². The molecule has 0 aliphatic carbocycles. The minimum Gasteiger partial charge on any atom is -0.489 e. The Morgan fingerprint density at radius 3 is 2.15 bits per heavy atom. The number of benzene rings is 3. The van der Waals surface area contributed by atoms with Crippen LogP contribution in [0.2, 0.25) is 0 Å². The van der Waals surface area contributed by atoms with Crippen LogP contribution >= 0.6 is 0 Å². The highest BCUT2D eigenvalue weighted by Gasteiger charge is 2.00. The van der Waals surface area contributed by atoms with E-state index in [0.717, 1.165) is 22.4 Å². The quantitative estimate of drug-likeness (QED) is 0.401. The van der Waals surface area contributed by atoms with Crippen LogP contribution in [0.15, 0.2) is 91.5 Å². The summed E-state index contributed by atoms with van der Waals surface area (Å²) in [6.07, 6.45) is 5.22. The van der Waals surface area contributed by atoms with Gasteiger partial charge in [-0.2, -0.15) is 0 Å². The molecular formula is C24H20O2. The molecule has 2 heteroatoms. The largest absolute Gasteiger partial charge is 0.489 e. The summed E-state index contributed by atoms with van der Waals surface area (Å²) >= 11 is 0. The van der Waals surface area contributed by atoms with E-state index in [2.05, 4.69) is 6.58 Å². The third-order valence-corrected chi connectivity index (χ3v) is 3.99. The van der Waals surface area contributed by atoms with E-state index in [4.69, 9.17) is 4.74 Å². The molecule has 3 rings (SSSR count). The maximum absolute atomic E-state index is 12.1. The van der Waals surface area contributed by atoms with E-state index in [-0.39, 0.29) is 5.78 Å². The highest BCUT2D eigenvalue weighted by molar-refractivity contribution is 6.06. The average molecular weight is 340 g/mol. The molecule has 0 N–H and O–H groups in total. The first-order valence-corrected chi connectivity index (χ1v) is 8.46. The Bertz CT molecular complexity index is 889. The number of hydrogen-bond donors (Lipinski definition) is 0. The van der Waals surface area contributed by atoms with Gasteiger partial charge in [-0.3, -0.25) is 4.79 Å². The molecule has 0 aliphatic heterocycles. The van der Waals surface area contributed by atoms with Crippen molar-refractivity contribution in [3.63, 3.8) is 0 Å². The number of rotatable bonds is 7. The van der Waals surface area contributed by atoms with Gasteiger partial charge in [0.05, 0.1) is 0 Å². The summed E-state index contributed by atoms with van der Waals surface area (Å²) in [4.78, 5) is 12.1. The first-order chi connectivity index (χ1) is 12.7. The van der Waals surface area contributed by atoms with Crippen LogP contribution in [0.5, 0.6) is 5.75 Å². The standard InChI is InChI=1S/C24H20O2/c1-2-19-8-10-21(11-9-19)18-26-23-15-12-20(13-16-23)14-17-24(25)22-6-4-3-5-7-22/h2-17H,1,18H2. The van der Waals surface area contributed by atoms with Gasteiger partial charge < -0.3 is 4.74 Å². The molecule has 0 aliphatic rings. The van der Waals surface area contributed by atoms with Gasteiger partial charge in [-0.05, 0) is 34.9 Å². The number of ether oxygens (including phenoxy) is 1. The molecule has 0 aromatic heterocycles. The lowest BCUT2D eigenvalue weighted by Crippen LogP contribution is -1.95. The van der Waals surface area contributed by atoms with Crippen LogP contribution in [-0.2, 0) is 6.61 Å². The number of hydrogen-bond acceptors (Lipinski definition) is 2. The van der Waals surface area contributed by atoms with Crippen molar-refractivity contribution >= 4 is 17.9 Å². The van der Waals surface area contributed by atoms with Crippen LogP contribution in [-0.4, -0.2) is 5.78 Å². The first kappa shape index (κ1) is 17.4. The fraction of sp³-hybridized carbons (Fsp3) is 0.0417. The summed E-state index contributed by atoms with van der Waals surface area (Å²) < 4.78 is 5.80. The van der Waals surface area contributed by atoms with Crippen molar-refractivity contribution in [3.05, 3.63) is 114 Å². The van der Waals surface area contributed by atoms with Gasteiger partial charge in [0.15, 0.2) is 5.78 Å². The molecule has 0 heterocycles. The van der Waals surface area contributed by atoms with E-state index in [9.17, 15) is 4.79 Å². The van der Waals surface area contributed by atoms with E-state index in [1.165, 1.54) is 0 Å². The predicted octanol–water partition coefficient (Wildman–Crippen LogP) is 5.80. The molecule has 0 amide bonds. The predicted molar refractivity (Wildman–Crippen MR) is 107 cm³/mol. The maximum atomic E-state index is 12.1. The zero-order valence-corrected chi connectivity index (χ0v) is 14.5. The summed E-state index contributed by atoms with van der Waals surface area (Å²) in [5, 5.41) is 0. The second-order valence-electron chi connectivity index (χ2n) is 5.87. The number of carbonyl (C=O) groups excluding carboxylic acids is 1. The van der Waals surface area contributed by atoms with Crippen LogP contribution < -0.4 is 4.74 Å². The molecule has 26 heavy (non-hydrogen) atoms. The molecule has 2 nitrogen and oxygen atoms in total. The van der Waals surface area contributed by atoms with E-state index in [1.807, 2.05) is 91.0 Å². The molecule has 0 spiro atoms. The van der Waals surface area contributed by atoms with E-state index >= 15 is 0 Å². The zero-order chi connectivity index (χ0) is 18.2. The van der Waals surface area contributed by atoms with Gasteiger partial charge in [0.2, 0.25) is 0 Å². The fourth-order valence-electron chi connectivity index (χ4n) is 2.46. The van der Waals surface area contributed by atoms with Crippen molar-refractivity contribution in [2.45, 2.75) is 6.61 Å². The number of ketones is 1. The summed E-state index contributed by atoms with van der Waals surface area (Å²) in [6.45, 7) is 4.26. The summed E-state index contributed by atoms with van der Waals surface area (Å²) in [7, 11) is 0. The molecule has 0 unspecified atom stereocenters. The Labute approximate surface area is 154 Å². The first-order valence-electron chi connectivity index (χ1n) is 8.46. The van der Waals surface area contributed by atoms with Crippen molar-refractivity contribution in [1.82, 2.24) is 0 Å². The number of carbonyl (C=O) groups is 1. The molecule has 128 valence electrons. The number of allylic oxidation sites excluding steroid dienone is 1. The second-order valence-corrected chi connectivity index (χ2v) is 5.87. The van der Waals surface area contributed by atoms with Crippen LogP contribution in [0.3, 0.4) is 0 Å². The monoisotopic (exact) mass is 340 g/mol. The molecule has 0 saturated carbocycles. The maximum Gasteiger partial charge on any atom is 0.185 e. The lowest BCUT2D eigenvalue weighted by molar-refractivity contribution is 0.104. The SMILES string of the molecule is C=Cc1ccc(COc2ccc(C=CC(=O)c3ccccc3)cc2)cc1. The second kappa shape index (κ2) is 8.63. The van der Waals surface area contributed by atoms with Crippen LogP contribution in [0.25, 0.3) is 12.2 Å². The Hall–Kier alpha value is -3.39. The van der Waals surface area contributed by atoms with Crippen LogP contribution in [0, 0.1) is 0 Å². The normalized spacial score (nSPS) is 10.6. The van der Waals surface area contributed by atoms with Gasteiger partial charge in [-0.25, -0.2) is 0 Å². The van der Waals surface area contributed by atoms with Gasteiger partial charge in [0.1, 0.15) is 12.4 Å². The van der Waals surface area contributed by atoms with Gasteiger partial charge in [-0.1, -0.05) is 85.5 Å². The van der Waals surface area contributed by atoms with Gasteiger partial charge in [0, 0.05) is 5.56 Å². The average Bonchev–Trinajstić information content (AvgIpc) is 2.72. The Morgan fingerprint density at radius 2 is 1.50 bits per heavy atom. The molecule has 0 radical (unpaired) electrons. The topological polar surface area (TPSA) is 26.3 Å².